The lowest BCUT2D eigenvalue weighted by molar-refractivity contribution is -0.276. The van der Waals surface area contributed by atoms with E-state index in [1.807, 2.05) is 0 Å². The molecule has 0 fully saturated rings. The number of hydrogen-bond acceptors (Lipinski definition) is 5. The van der Waals surface area contributed by atoms with Crippen LogP contribution in [0.4, 0.5) is 17.6 Å². The molecule has 5 nitrogen and oxygen atoms in total. The van der Waals surface area contributed by atoms with Crippen LogP contribution in [0.1, 0.15) is 15.9 Å². The minimum Gasteiger partial charge on any atom is -0.506 e. The summed E-state index contributed by atoms with van der Waals surface area (Å²) in [6.07, 6.45) is -4.57. The Labute approximate surface area is 98.0 Å². The van der Waals surface area contributed by atoms with Crippen LogP contribution in [-0.4, -0.2) is 29.5 Å². The molecule has 0 radical (unpaired) electrons. The second-order valence-corrected chi connectivity index (χ2v) is 2.98. The molecule has 18 heavy (non-hydrogen) atoms. The third kappa shape index (κ3) is 2.99. The highest BCUT2D eigenvalue weighted by Gasteiger charge is 2.35. The van der Waals surface area contributed by atoms with Crippen molar-refractivity contribution in [2.24, 2.45) is 0 Å². The number of aromatic hydroxyl groups is 1. The van der Waals surface area contributed by atoms with Crippen LogP contribution in [0.5, 0.6) is 11.6 Å². The van der Waals surface area contributed by atoms with Gasteiger partial charge in [0.25, 0.3) is 0 Å². The summed E-state index contributed by atoms with van der Waals surface area (Å²) in [5.74, 6) is -3.25. The Bertz CT molecular complexity index is 461. The van der Waals surface area contributed by atoms with Crippen LogP contribution in [0.15, 0.2) is 6.20 Å². The van der Waals surface area contributed by atoms with E-state index in [1.165, 1.54) is 0 Å². The standard InChI is InChI=1S/C9H7F4NO4/c1-17-8(16)6-4(2-10)5(15)3-14-7(6)18-9(11,12)13/h3,15H,2H2,1H3. The molecule has 0 saturated heterocycles. The zero-order chi connectivity index (χ0) is 13.9. The lowest BCUT2D eigenvalue weighted by atomic mass is 10.1. The first-order valence-electron chi connectivity index (χ1n) is 4.41. The summed E-state index contributed by atoms with van der Waals surface area (Å²) in [5.41, 5.74) is -1.59. The molecule has 100 valence electrons. The second-order valence-electron chi connectivity index (χ2n) is 2.98. The minimum absolute atomic E-state index is 0.544. The number of halogens is 4. The fourth-order valence-electron chi connectivity index (χ4n) is 1.15. The van der Waals surface area contributed by atoms with Gasteiger partial charge in [-0.2, -0.15) is 0 Å². The Balaban J connectivity index is 3.38. The lowest BCUT2D eigenvalue weighted by Gasteiger charge is -2.13. The number of nitrogens with zero attached hydrogens (tertiary/aromatic N) is 1. The van der Waals surface area contributed by atoms with Crippen molar-refractivity contribution in [3.05, 3.63) is 17.3 Å². The molecule has 0 saturated carbocycles. The van der Waals surface area contributed by atoms with Crippen molar-refractivity contribution in [1.29, 1.82) is 0 Å². The molecular weight excluding hydrogens is 262 g/mol. The van der Waals surface area contributed by atoms with Crippen LogP contribution in [0.25, 0.3) is 0 Å². The van der Waals surface area contributed by atoms with Crippen molar-refractivity contribution in [3.63, 3.8) is 0 Å². The predicted octanol–water partition coefficient (Wildman–Crippen LogP) is 1.94. The monoisotopic (exact) mass is 269 g/mol. The van der Waals surface area contributed by atoms with Crippen molar-refractivity contribution in [1.82, 2.24) is 4.98 Å². The number of carbonyl (C=O) groups is 1. The van der Waals surface area contributed by atoms with E-state index in [0.29, 0.717) is 6.20 Å². The third-order valence-electron chi connectivity index (χ3n) is 1.86. The van der Waals surface area contributed by atoms with Crippen molar-refractivity contribution in [2.75, 3.05) is 7.11 Å². The summed E-state index contributed by atoms with van der Waals surface area (Å²) >= 11 is 0. The highest BCUT2D eigenvalue weighted by Crippen LogP contribution is 2.32. The number of rotatable bonds is 3. The van der Waals surface area contributed by atoms with Gasteiger partial charge in [0.1, 0.15) is 18.0 Å². The van der Waals surface area contributed by atoms with Crippen molar-refractivity contribution in [3.8, 4) is 11.6 Å². The Hall–Kier alpha value is -2.06. The van der Waals surface area contributed by atoms with E-state index in [2.05, 4.69) is 14.5 Å². The molecule has 0 aliphatic rings. The van der Waals surface area contributed by atoms with Gasteiger partial charge >= 0.3 is 12.3 Å². The summed E-state index contributed by atoms with van der Waals surface area (Å²) in [6, 6.07) is 0. The highest BCUT2D eigenvalue weighted by molar-refractivity contribution is 5.94. The van der Waals surface area contributed by atoms with E-state index >= 15 is 0 Å². The van der Waals surface area contributed by atoms with Gasteiger partial charge in [0, 0.05) is 5.56 Å². The minimum atomic E-state index is -5.11. The number of alkyl halides is 4. The molecule has 0 amide bonds. The average molecular weight is 269 g/mol. The first-order chi connectivity index (χ1) is 8.30. The molecule has 1 heterocycles. The van der Waals surface area contributed by atoms with Gasteiger partial charge in [0.15, 0.2) is 0 Å². The molecule has 1 aromatic heterocycles. The van der Waals surface area contributed by atoms with Crippen LogP contribution in [-0.2, 0) is 11.4 Å². The Morgan fingerprint density at radius 2 is 2.11 bits per heavy atom. The average Bonchev–Trinajstić information content (AvgIpc) is 2.28. The highest BCUT2D eigenvalue weighted by atomic mass is 19.4. The molecule has 9 heteroatoms. The number of pyridine rings is 1. The van der Waals surface area contributed by atoms with Crippen molar-refractivity contribution < 1.29 is 36.9 Å². The Morgan fingerprint density at radius 3 is 2.56 bits per heavy atom. The maximum Gasteiger partial charge on any atom is 0.574 e. The van der Waals surface area contributed by atoms with E-state index in [4.69, 9.17) is 0 Å². The van der Waals surface area contributed by atoms with Crippen LogP contribution in [0.3, 0.4) is 0 Å². The smallest absolute Gasteiger partial charge is 0.506 e. The van der Waals surface area contributed by atoms with Crippen LogP contribution in [0, 0.1) is 0 Å². The van der Waals surface area contributed by atoms with E-state index in [9.17, 15) is 27.5 Å². The summed E-state index contributed by atoms with van der Waals surface area (Å²) in [4.78, 5) is 14.3. The topological polar surface area (TPSA) is 68.7 Å². The van der Waals surface area contributed by atoms with Gasteiger partial charge in [0.2, 0.25) is 5.88 Å². The zero-order valence-corrected chi connectivity index (χ0v) is 8.92. The van der Waals surface area contributed by atoms with Crippen molar-refractivity contribution in [2.45, 2.75) is 13.0 Å². The molecule has 0 atom stereocenters. The van der Waals surface area contributed by atoms with Crippen LogP contribution < -0.4 is 4.74 Å². The molecule has 1 aromatic rings. The van der Waals surface area contributed by atoms with Crippen LogP contribution >= 0.6 is 0 Å². The van der Waals surface area contributed by atoms with Gasteiger partial charge in [-0.1, -0.05) is 0 Å². The predicted molar refractivity (Wildman–Crippen MR) is 48.7 cm³/mol. The quantitative estimate of drug-likeness (QED) is 0.670. The molecule has 1 N–H and O–H groups in total. The number of carbonyl (C=O) groups excluding carboxylic acids is 1. The molecule has 0 spiro atoms. The second kappa shape index (κ2) is 5.07. The summed E-state index contributed by atoms with van der Waals surface area (Å²) in [5, 5.41) is 9.21. The maximum atomic E-state index is 12.6. The van der Waals surface area contributed by atoms with E-state index < -0.39 is 41.8 Å². The van der Waals surface area contributed by atoms with E-state index in [-0.39, 0.29) is 0 Å². The fraction of sp³-hybridized carbons (Fsp3) is 0.333. The molecule has 0 aliphatic heterocycles. The number of hydrogen-bond donors (Lipinski definition) is 1. The maximum absolute atomic E-state index is 12.6. The van der Waals surface area contributed by atoms with Gasteiger partial charge in [-0.05, 0) is 0 Å². The Kier molecular flexibility index (Phi) is 3.94. The largest absolute Gasteiger partial charge is 0.574 e. The van der Waals surface area contributed by atoms with Gasteiger partial charge in [-0.3, -0.25) is 0 Å². The van der Waals surface area contributed by atoms with Crippen molar-refractivity contribution >= 4 is 5.97 Å². The van der Waals surface area contributed by atoms with Crippen LogP contribution in [0.2, 0.25) is 0 Å². The first-order valence-corrected chi connectivity index (χ1v) is 4.41. The third-order valence-corrected chi connectivity index (χ3v) is 1.86. The summed E-state index contributed by atoms with van der Waals surface area (Å²) in [6.45, 7) is -1.38. The number of ether oxygens (including phenoxy) is 2. The first kappa shape index (κ1) is 14.0. The van der Waals surface area contributed by atoms with E-state index in [1.54, 1.807) is 0 Å². The van der Waals surface area contributed by atoms with Gasteiger partial charge in [-0.25, -0.2) is 14.2 Å². The van der Waals surface area contributed by atoms with E-state index in [0.717, 1.165) is 7.11 Å². The zero-order valence-electron chi connectivity index (χ0n) is 8.92. The van der Waals surface area contributed by atoms with Gasteiger partial charge in [0.05, 0.1) is 13.3 Å². The number of methoxy groups -OCH3 is 1. The van der Waals surface area contributed by atoms with Gasteiger partial charge in [-0.15, -0.1) is 13.2 Å². The molecule has 0 aromatic carbocycles. The lowest BCUT2D eigenvalue weighted by Crippen LogP contribution is -2.21. The van der Waals surface area contributed by atoms with Gasteiger partial charge < -0.3 is 14.6 Å². The number of esters is 1. The normalized spacial score (nSPS) is 11.2. The number of aromatic nitrogens is 1. The SMILES string of the molecule is COC(=O)c1c(OC(F)(F)F)ncc(O)c1CF. The summed E-state index contributed by atoms with van der Waals surface area (Å²) < 4.78 is 56.4. The summed E-state index contributed by atoms with van der Waals surface area (Å²) in [7, 11) is 0.881. The Morgan fingerprint density at radius 1 is 1.50 bits per heavy atom. The molecule has 0 aliphatic carbocycles. The molecule has 1 rings (SSSR count). The molecule has 0 bridgehead atoms. The molecule has 0 unspecified atom stereocenters. The fourth-order valence-corrected chi connectivity index (χ4v) is 1.15. The molecular formula is C9H7F4NO4.